The van der Waals surface area contributed by atoms with E-state index in [0.717, 1.165) is 49.7 Å². The number of hydrogen-bond donors (Lipinski definition) is 0. The second kappa shape index (κ2) is 6.82. The highest BCUT2D eigenvalue weighted by atomic mass is 16.5. The van der Waals surface area contributed by atoms with Crippen LogP contribution in [-0.4, -0.2) is 39.0 Å². The Morgan fingerprint density at radius 3 is 2.58 bits per heavy atom. The summed E-state index contributed by atoms with van der Waals surface area (Å²) in [7, 11) is 0. The van der Waals surface area contributed by atoms with Crippen molar-refractivity contribution < 1.29 is 9.32 Å². The van der Waals surface area contributed by atoms with Crippen molar-refractivity contribution >= 4 is 5.91 Å². The van der Waals surface area contributed by atoms with Crippen LogP contribution in [0, 0.1) is 11.8 Å². The van der Waals surface area contributed by atoms with Gasteiger partial charge in [-0.05, 0) is 37.3 Å². The maximum Gasteiger partial charge on any atom is 0.258 e. The lowest BCUT2D eigenvalue weighted by Crippen LogP contribution is -2.47. The van der Waals surface area contributed by atoms with E-state index in [1.54, 1.807) is 12.4 Å². The van der Waals surface area contributed by atoms with Crippen LogP contribution in [0.2, 0.25) is 0 Å². The van der Waals surface area contributed by atoms with Crippen LogP contribution in [0.3, 0.4) is 0 Å². The van der Waals surface area contributed by atoms with E-state index in [-0.39, 0.29) is 17.2 Å². The Bertz CT molecular complexity index is 759. The zero-order valence-corrected chi connectivity index (χ0v) is 15.5. The number of rotatable bonds is 5. The van der Waals surface area contributed by atoms with Crippen LogP contribution in [0.5, 0.6) is 0 Å². The van der Waals surface area contributed by atoms with E-state index in [1.165, 1.54) is 12.8 Å². The van der Waals surface area contributed by atoms with Crippen molar-refractivity contribution in [3.63, 3.8) is 0 Å². The first-order valence-corrected chi connectivity index (χ1v) is 9.61. The molecule has 0 aromatic carbocycles. The summed E-state index contributed by atoms with van der Waals surface area (Å²) in [6, 6.07) is 3.77. The Balaban J connectivity index is 1.56. The summed E-state index contributed by atoms with van der Waals surface area (Å²) >= 11 is 0. The number of carbonyl (C=O) groups is 1. The molecule has 0 atom stereocenters. The van der Waals surface area contributed by atoms with Crippen LogP contribution in [0.15, 0.2) is 29.0 Å². The maximum absolute atomic E-state index is 12.3. The number of hydrogen-bond acceptors (Lipinski definition) is 5. The van der Waals surface area contributed by atoms with E-state index in [9.17, 15) is 4.79 Å². The first-order chi connectivity index (χ1) is 12.6. The lowest BCUT2D eigenvalue weighted by Gasteiger charge is -2.40. The minimum atomic E-state index is -0.0658. The van der Waals surface area contributed by atoms with Gasteiger partial charge in [0.1, 0.15) is 0 Å². The molecular weight excluding hydrogens is 328 g/mol. The van der Waals surface area contributed by atoms with Crippen LogP contribution >= 0.6 is 0 Å². The summed E-state index contributed by atoms with van der Waals surface area (Å²) < 4.78 is 5.57. The number of pyridine rings is 1. The predicted molar refractivity (Wildman–Crippen MR) is 97.2 cm³/mol. The summed E-state index contributed by atoms with van der Waals surface area (Å²) in [6.07, 6.45) is 8.99. The molecule has 0 bridgehead atoms. The molecule has 1 amide bonds. The Morgan fingerprint density at radius 1 is 1.27 bits per heavy atom. The van der Waals surface area contributed by atoms with Crippen LogP contribution in [0.4, 0.5) is 0 Å². The van der Waals surface area contributed by atoms with Gasteiger partial charge < -0.3 is 9.42 Å². The molecule has 138 valence electrons. The van der Waals surface area contributed by atoms with Gasteiger partial charge in [-0.15, -0.1) is 0 Å². The molecule has 2 aromatic heterocycles. The Kier molecular flexibility index (Phi) is 4.51. The average molecular weight is 354 g/mol. The Hall–Kier alpha value is -2.24. The smallest absolute Gasteiger partial charge is 0.258 e. The molecule has 26 heavy (non-hydrogen) atoms. The molecule has 4 rings (SSSR count). The van der Waals surface area contributed by atoms with E-state index >= 15 is 0 Å². The standard InChI is InChI=1S/C20H26N4O2/c1-14(2)18(25)24-11-7-20(8-12-24,13-15-3-4-15)19-22-17(26-23-19)16-5-9-21-10-6-16/h5-6,9-10,14-15H,3-4,7-8,11-13H2,1-2H3. The number of carbonyl (C=O) groups excluding carboxylic acids is 1. The third-order valence-corrected chi connectivity index (χ3v) is 5.73. The molecule has 1 saturated heterocycles. The average Bonchev–Trinajstić information content (AvgIpc) is 3.33. The highest BCUT2D eigenvalue weighted by molar-refractivity contribution is 5.78. The number of nitrogens with zero attached hydrogens (tertiary/aromatic N) is 4. The monoisotopic (exact) mass is 354 g/mol. The van der Waals surface area contributed by atoms with Crippen LogP contribution in [-0.2, 0) is 10.2 Å². The van der Waals surface area contributed by atoms with E-state index < -0.39 is 0 Å². The molecule has 6 nitrogen and oxygen atoms in total. The molecule has 0 spiro atoms. The van der Waals surface area contributed by atoms with Gasteiger partial charge in [0.25, 0.3) is 5.89 Å². The molecule has 3 heterocycles. The Labute approximate surface area is 154 Å². The summed E-state index contributed by atoms with van der Waals surface area (Å²) in [6.45, 7) is 5.49. The van der Waals surface area contributed by atoms with Gasteiger partial charge in [-0.25, -0.2) is 0 Å². The lowest BCUT2D eigenvalue weighted by molar-refractivity contribution is -0.136. The van der Waals surface area contributed by atoms with Gasteiger partial charge in [0.15, 0.2) is 5.82 Å². The van der Waals surface area contributed by atoms with Gasteiger partial charge in [0, 0.05) is 42.4 Å². The molecule has 0 radical (unpaired) electrons. The third kappa shape index (κ3) is 3.37. The van der Waals surface area contributed by atoms with Gasteiger partial charge in [-0.1, -0.05) is 31.8 Å². The highest BCUT2D eigenvalue weighted by Gasteiger charge is 2.44. The fraction of sp³-hybridized carbons (Fsp3) is 0.600. The molecule has 0 unspecified atom stereocenters. The van der Waals surface area contributed by atoms with Gasteiger partial charge in [-0.2, -0.15) is 4.98 Å². The highest BCUT2D eigenvalue weighted by Crippen LogP contribution is 2.46. The zero-order chi connectivity index (χ0) is 18.1. The molecule has 1 aliphatic carbocycles. The molecule has 6 heteroatoms. The maximum atomic E-state index is 12.3. The zero-order valence-electron chi connectivity index (χ0n) is 15.5. The molecule has 0 N–H and O–H groups in total. The lowest BCUT2D eigenvalue weighted by atomic mass is 9.73. The minimum Gasteiger partial charge on any atom is -0.342 e. The Morgan fingerprint density at radius 2 is 1.96 bits per heavy atom. The first kappa shape index (κ1) is 17.2. The predicted octanol–water partition coefficient (Wildman–Crippen LogP) is 3.45. The number of amides is 1. The van der Waals surface area contributed by atoms with E-state index in [1.807, 2.05) is 30.9 Å². The van der Waals surface area contributed by atoms with Crippen molar-refractivity contribution in [3.8, 4) is 11.5 Å². The summed E-state index contributed by atoms with van der Waals surface area (Å²) in [4.78, 5) is 23.1. The second-order valence-electron chi connectivity index (χ2n) is 8.07. The second-order valence-corrected chi connectivity index (χ2v) is 8.07. The van der Waals surface area contributed by atoms with Gasteiger partial charge in [0.05, 0.1) is 0 Å². The SMILES string of the molecule is CC(C)C(=O)N1CCC(CC2CC2)(c2noc(-c3ccncc3)n2)CC1. The van der Waals surface area contributed by atoms with E-state index in [2.05, 4.69) is 10.1 Å². The summed E-state index contributed by atoms with van der Waals surface area (Å²) in [5.41, 5.74) is 0.830. The van der Waals surface area contributed by atoms with Crippen LogP contribution < -0.4 is 0 Å². The van der Waals surface area contributed by atoms with Crippen molar-refractivity contribution in [1.82, 2.24) is 20.0 Å². The summed E-state index contributed by atoms with van der Waals surface area (Å²) in [5, 5.41) is 4.36. The van der Waals surface area contributed by atoms with Crippen molar-refractivity contribution in [2.24, 2.45) is 11.8 Å². The van der Waals surface area contributed by atoms with Crippen LogP contribution in [0.1, 0.15) is 51.8 Å². The normalized spacial score (nSPS) is 19.7. The van der Waals surface area contributed by atoms with E-state index in [0.29, 0.717) is 5.89 Å². The fourth-order valence-electron chi connectivity index (χ4n) is 3.96. The van der Waals surface area contributed by atoms with Crippen molar-refractivity contribution in [1.29, 1.82) is 0 Å². The van der Waals surface area contributed by atoms with Gasteiger partial charge in [-0.3, -0.25) is 9.78 Å². The van der Waals surface area contributed by atoms with Crippen molar-refractivity contribution in [2.75, 3.05) is 13.1 Å². The first-order valence-electron chi connectivity index (χ1n) is 9.61. The molecule has 2 fully saturated rings. The fourth-order valence-corrected chi connectivity index (χ4v) is 3.96. The molecule has 1 saturated carbocycles. The van der Waals surface area contributed by atoms with Crippen molar-refractivity contribution in [3.05, 3.63) is 30.4 Å². The third-order valence-electron chi connectivity index (χ3n) is 5.73. The molecule has 2 aromatic rings. The minimum absolute atomic E-state index is 0.0504. The number of aromatic nitrogens is 3. The summed E-state index contributed by atoms with van der Waals surface area (Å²) in [5.74, 6) is 2.43. The van der Waals surface area contributed by atoms with Crippen molar-refractivity contribution in [2.45, 2.75) is 51.4 Å². The molecule has 2 aliphatic rings. The van der Waals surface area contributed by atoms with E-state index in [4.69, 9.17) is 9.51 Å². The van der Waals surface area contributed by atoms with Gasteiger partial charge >= 0.3 is 0 Å². The quantitative estimate of drug-likeness (QED) is 0.822. The largest absolute Gasteiger partial charge is 0.342 e. The number of piperidine rings is 1. The van der Waals surface area contributed by atoms with Gasteiger partial charge in [0.2, 0.25) is 5.91 Å². The number of likely N-dealkylation sites (tertiary alicyclic amines) is 1. The van der Waals surface area contributed by atoms with Crippen LogP contribution in [0.25, 0.3) is 11.5 Å². The molecular formula is C20H26N4O2. The molecule has 1 aliphatic heterocycles. The topological polar surface area (TPSA) is 72.1 Å².